The summed E-state index contributed by atoms with van der Waals surface area (Å²) >= 11 is 0.877. The molecule has 0 spiro atoms. The number of carbonyl (C=O) groups is 2. The first-order valence-corrected chi connectivity index (χ1v) is 12.7. The zero-order valence-corrected chi connectivity index (χ0v) is 21.0. The number of thioether (sulfide) groups is 1. The van der Waals surface area contributed by atoms with Crippen LogP contribution in [0.1, 0.15) is 17.5 Å². The predicted molar refractivity (Wildman–Crippen MR) is 143 cm³/mol. The Labute approximate surface area is 218 Å². The van der Waals surface area contributed by atoms with E-state index in [1.807, 2.05) is 54.7 Å². The van der Waals surface area contributed by atoms with Gasteiger partial charge in [0.15, 0.2) is 11.5 Å². The second kappa shape index (κ2) is 10.9. The van der Waals surface area contributed by atoms with Crippen LogP contribution in [-0.2, 0) is 17.9 Å². The zero-order chi connectivity index (χ0) is 25.8. The van der Waals surface area contributed by atoms with E-state index in [4.69, 9.17) is 9.47 Å². The summed E-state index contributed by atoms with van der Waals surface area (Å²) in [5.41, 5.74) is 2.17. The van der Waals surface area contributed by atoms with Gasteiger partial charge in [-0.05, 0) is 48.5 Å². The SMILES string of the molecule is COc1ccccc1OCCCn1cc(/C=C2\SC(=O)N(Cc3ccccc3F)C2=O)c2ccccc21. The summed E-state index contributed by atoms with van der Waals surface area (Å²) in [7, 11) is 1.62. The van der Waals surface area contributed by atoms with Crippen LogP contribution >= 0.6 is 11.8 Å². The maximum atomic E-state index is 14.1. The lowest BCUT2D eigenvalue weighted by molar-refractivity contribution is -0.123. The van der Waals surface area contributed by atoms with Gasteiger partial charge in [0.1, 0.15) is 5.82 Å². The minimum absolute atomic E-state index is 0.0946. The Kier molecular flexibility index (Phi) is 7.28. The molecule has 2 heterocycles. The first-order chi connectivity index (χ1) is 18.0. The van der Waals surface area contributed by atoms with Gasteiger partial charge < -0.3 is 14.0 Å². The van der Waals surface area contributed by atoms with Crippen molar-refractivity contribution in [2.24, 2.45) is 0 Å². The molecule has 0 bridgehead atoms. The number of ether oxygens (including phenoxy) is 2. The van der Waals surface area contributed by atoms with E-state index in [1.54, 1.807) is 31.4 Å². The highest BCUT2D eigenvalue weighted by molar-refractivity contribution is 8.18. The van der Waals surface area contributed by atoms with E-state index in [1.165, 1.54) is 6.07 Å². The number of hydrogen-bond donors (Lipinski definition) is 0. The molecular weight excluding hydrogens is 491 g/mol. The van der Waals surface area contributed by atoms with Crippen LogP contribution in [0.4, 0.5) is 9.18 Å². The van der Waals surface area contributed by atoms with Gasteiger partial charge in [0.05, 0.1) is 25.2 Å². The smallest absolute Gasteiger partial charge is 0.293 e. The summed E-state index contributed by atoms with van der Waals surface area (Å²) in [6.45, 7) is 1.12. The van der Waals surface area contributed by atoms with Gasteiger partial charge >= 0.3 is 0 Å². The van der Waals surface area contributed by atoms with Crippen LogP contribution in [0.5, 0.6) is 11.5 Å². The van der Waals surface area contributed by atoms with Gasteiger partial charge in [-0.15, -0.1) is 0 Å². The molecule has 1 aromatic heterocycles. The van der Waals surface area contributed by atoms with Gasteiger partial charge in [0.2, 0.25) is 0 Å². The number of benzene rings is 3. The van der Waals surface area contributed by atoms with Gasteiger partial charge in [0.25, 0.3) is 11.1 Å². The molecule has 0 N–H and O–H groups in total. The number of rotatable bonds is 9. The Morgan fingerprint density at radius 3 is 2.49 bits per heavy atom. The number of methoxy groups -OCH3 is 1. The third kappa shape index (κ3) is 5.24. The van der Waals surface area contributed by atoms with Crippen LogP contribution in [0.15, 0.2) is 83.9 Å². The Balaban J connectivity index is 1.32. The van der Waals surface area contributed by atoms with E-state index in [2.05, 4.69) is 4.57 Å². The molecule has 3 aromatic carbocycles. The van der Waals surface area contributed by atoms with Crippen molar-refractivity contribution >= 4 is 39.9 Å². The van der Waals surface area contributed by atoms with E-state index in [0.717, 1.165) is 39.5 Å². The van der Waals surface area contributed by atoms with E-state index in [0.29, 0.717) is 35.1 Å². The number of imide groups is 1. The summed E-state index contributed by atoms with van der Waals surface area (Å²) < 4.78 is 27.5. The molecule has 5 rings (SSSR count). The third-order valence-electron chi connectivity index (χ3n) is 6.14. The molecule has 1 saturated heterocycles. The van der Waals surface area contributed by atoms with E-state index in [9.17, 15) is 14.0 Å². The van der Waals surface area contributed by atoms with Gasteiger partial charge in [-0.2, -0.15) is 0 Å². The summed E-state index contributed by atoms with van der Waals surface area (Å²) in [5.74, 6) is 0.540. The molecule has 188 valence electrons. The van der Waals surface area contributed by atoms with Crippen LogP contribution in [0.25, 0.3) is 17.0 Å². The highest BCUT2D eigenvalue weighted by Gasteiger charge is 2.35. The fraction of sp³-hybridized carbons (Fsp3) is 0.172. The van der Waals surface area contributed by atoms with Crippen LogP contribution in [0.2, 0.25) is 0 Å². The standard InChI is InChI=1S/C29H25FN2O4S/c1-35-25-13-6-7-14-26(25)36-16-8-15-31-18-21(22-10-3-5-12-24(22)31)17-27-28(33)32(29(34)37-27)19-20-9-2-4-11-23(20)30/h2-7,9-14,17-18H,8,15-16,19H2,1H3/b27-17-. The molecule has 1 aliphatic rings. The molecule has 2 amide bonds. The van der Waals surface area contributed by atoms with Crippen LogP contribution in [0.3, 0.4) is 0 Å². The fourth-order valence-corrected chi connectivity index (χ4v) is 5.13. The van der Waals surface area contributed by atoms with Crippen molar-refractivity contribution in [2.45, 2.75) is 19.5 Å². The molecule has 37 heavy (non-hydrogen) atoms. The second-order valence-corrected chi connectivity index (χ2v) is 9.50. The molecule has 0 unspecified atom stereocenters. The van der Waals surface area contributed by atoms with Crippen molar-refractivity contribution < 1.29 is 23.5 Å². The van der Waals surface area contributed by atoms with E-state index in [-0.39, 0.29) is 6.54 Å². The number of fused-ring (bicyclic) bond motifs is 1. The zero-order valence-electron chi connectivity index (χ0n) is 20.2. The van der Waals surface area contributed by atoms with Crippen LogP contribution in [-0.4, -0.2) is 34.3 Å². The molecule has 0 aliphatic carbocycles. The minimum Gasteiger partial charge on any atom is -0.493 e. The minimum atomic E-state index is -0.441. The van der Waals surface area contributed by atoms with Crippen molar-refractivity contribution in [1.29, 1.82) is 0 Å². The fourth-order valence-electron chi connectivity index (χ4n) is 4.30. The van der Waals surface area contributed by atoms with Crippen molar-refractivity contribution in [3.63, 3.8) is 0 Å². The number of para-hydroxylation sites is 3. The Hall–Kier alpha value is -4.04. The first-order valence-electron chi connectivity index (χ1n) is 11.9. The maximum Gasteiger partial charge on any atom is 0.293 e. The maximum absolute atomic E-state index is 14.1. The summed E-state index contributed by atoms with van der Waals surface area (Å²) in [5, 5.41) is 0.575. The predicted octanol–water partition coefficient (Wildman–Crippen LogP) is 6.49. The average Bonchev–Trinajstić information content (AvgIpc) is 3.40. The number of carbonyl (C=O) groups excluding carboxylic acids is 2. The summed E-state index contributed by atoms with van der Waals surface area (Å²) in [6.07, 6.45) is 4.49. The van der Waals surface area contributed by atoms with Gasteiger partial charge in [-0.3, -0.25) is 14.5 Å². The number of aromatic nitrogens is 1. The largest absolute Gasteiger partial charge is 0.493 e. The number of nitrogens with zero attached hydrogens (tertiary/aromatic N) is 2. The van der Waals surface area contributed by atoms with Crippen molar-refractivity contribution in [3.05, 3.63) is 101 Å². The molecule has 0 atom stereocenters. The summed E-state index contributed by atoms with van der Waals surface area (Å²) in [4.78, 5) is 27.0. The number of amides is 2. The first kappa shape index (κ1) is 24.6. The molecule has 0 saturated carbocycles. The Morgan fingerprint density at radius 2 is 1.68 bits per heavy atom. The summed E-state index contributed by atoms with van der Waals surface area (Å²) in [6, 6.07) is 21.6. The quantitative estimate of drug-likeness (QED) is 0.188. The second-order valence-electron chi connectivity index (χ2n) is 8.51. The highest BCUT2D eigenvalue weighted by atomic mass is 32.2. The topological polar surface area (TPSA) is 60.8 Å². The van der Waals surface area contributed by atoms with E-state index >= 15 is 0 Å². The van der Waals surface area contributed by atoms with Gasteiger partial charge in [0, 0.05) is 34.8 Å². The lowest BCUT2D eigenvalue weighted by Crippen LogP contribution is -2.27. The lowest BCUT2D eigenvalue weighted by Gasteiger charge is -2.12. The average molecular weight is 517 g/mol. The molecule has 1 fully saturated rings. The van der Waals surface area contributed by atoms with Crippen LogP contribution < -0.4 is 9.47 Å². The number of halogens is 1. The normalized spacial score (nSPS) is 14.6. The lowest BCUT2D eigenvalue weighted by atomic mass is 10.1. The Morgan fingerprint density at radius 1 is 0.946 bits per heavy atom. The molecule has 6 nitrogen and oxygen atoms in total. The highest BCUT2D eigenvalue weighted by Crippen LogP contribution is 2.35. The van der Waals surface area contributed by atoms with Crippen molar-refractivity contribution in [1.82, 2.24) is 9.47 Å². The third-order valence-corrected chi connectivity index (χ3v) is 7.04. The van der Waals surface area contributed by atoms with Crippen molar-refractivity contribution in [3.8, 4) is 11.5 Å². The number of aryl methyl sites for hydroxylation is 1. The van der Waals surface area contributed by atoms with Crippen molar-refractivity contribution in [2.75, 3.05) is 13.7 Å². The molecule has 1 aliphatic heterocycles. The molecular formula is C29H25FN2O4S. The molecule has 0 radical (unpaired) electrons. The van der Waals surface area contributed by atoms with Crippen LogP contribution in [0, 0.1) is 5.82 Å². The van der Waals surface area contributed by atoms with Gasteiger partial charge in [-0.25, -0.2) is 4.39 Å². The molecule has 8 heteroatoms. The monoisotopic (exact) mass is 516 g/mol. The van der Waals surface area contributed by atoms with Gasteiger partial charge in [-0.1, -0.05) is 48.5 Å². The Bertz CT molecular complexity index is 1500. The molecule has 4 aromatic rings. The number of hydrogen-bond acceptors (Lipinski definition) is 5. The van der Waals surface area contributed by atoms with E-state index < -0.39 is 17.0 Å².